The number of carbonyl (C=O) groups excluding carboxylic acids is 3. The number of ketones is 1. The van der Waals surface area contributed by atoms with Crippen molar-refractivity contribution in [2.75, 3.05) is 13.1 Å². The van der Waals surface area contributed by atoms with E-state index in [0.717, 1.165) is 30.3 Å². The van der Waals surface area contributed by atoms with Crippen molar-refractivity contribution in [3.63, 3.8) is 0 Å². The number of hydrogen-bond acceptors (Lipinski definition) is 4. The molecule has 0 saturated heterocycles. The molecule has 2 aromatic carbocycles. The van der Waals surface area contributed by atoms with Crippen LogP contribution in [0.25, 0.3) is 0 Å². The maximum Gasteiger partial charge on any atom is 0.411 e. The molecule has 0 saturated carbocycles. The van der Waals surface area contributed by atoms with Gasteiger partial charge in [0.2, 0.25) is 5.91 Å². The number of carbonyl (C=O) groups is 3. The van der Waals surface area contributed by atoms with Gasteiger partial charge in [-0.15, -0.1) is 0 Å². The summed E-state index contributed by atoms with van der Waals surface area (Å²) in [5.74, 6) is -3.04. The Bertz CT molecular complexity index is 1240. The molecule has 0 spiro atoms. The Morgan fingerprint density at radius 3 is 2.03 bits per heavy atom. The van der Waals surface area contributed by atoms with Crippen LogP contribution < -0.4 is 10.6 Å². The van der Waals surface area contributed by atoms with Gasteiger partial charge in [0.05, 0.1) is 12.6 Å². The van der Waals surface area contributed by atoms with Crippen LogP contribution in [0.3, 0.4) is 0 Å². The maximum atomic E-state index is 14.1. The number of hydrogen-bond donors (Lipinski definition) is 2. The van der Waals surface area contributed by atoms with Gasteiger partial charge in [0.15, 0.2) is 11.2 Å². The van der Waals surface area contributed by atoms with Gasteiger partial charge < -0.3 is 10.6 Å². The zero-order valence-electron chi connectivity index (χ0n) is 18.8. The number of aryl methyl sites for hydroxylation is 1. The molecular formula is C23H17Cl2F6N3O3. The molecule has 2 rings (SSSR count). The Morgan fingerprint density at radius 2 is 1.54 bits per heavy atom. The first kappa shape index (κ1) is 29.9. The van der Waals surface area contributed by atoms with Gasteiger partial charge in [-0.05, 0) is 48.4 Å². The van der Waals surface area contributed by atoms with E-state index in [4.69, 9.17) is 23.2 Å². The molecule has 0 aliphatic heterocycles. The highest BCUT2D eigenvalue weighted by Gasteiger charge is 2.58. The van der Waals surface area contributed by atoms with E-state index in [0.29, 0.717) is 0 Å². The predicted octanol–water partition coefficient (Wildman–Crippen LogP) is 5.31. The van der Waals surface area contributed by atoms with Crippen LogP contribution in [-0.2, 0) is 10.2 Å². The molecule has 1 atom stereocenters. The van der Waals surface area contributed by atoms with E-state index < -0.39 is 60.4 Å². The molecule has 37 heavy (non-hydrogen) atoms. The molecule has 198 valence electrons. The largest absolute Gasteiger partial charge is 0.411 e. The Hall–Kier alpha value is -3.30. The Kier molecular flexibility index (Phi) is 9.22. The smallest absolute Gasteiger partial charge is 0.345 e. The molecule has 0 aromatic heterocycles. The quantitative estimate of drug-likeness (QED) is 0.333. The number of alkyl halides is 6. The summed E-state index contributed by atoms with van der Waals surface area (Å²) in [4.78, 5) is 36.6. The summed E-state index contributed by atoms with van der Waals surface area (Å²) in [5, 5.41) is 12.9. The molecule has 2 N–H and O–H groups in total. The summed E-state index contributed by atoms with van der Waals surface area (Å²) in [7, 11) is 0. The number of nitrogens with one attached hydrogen (secondary N) is 2. The third-order valence-electron chi connectivity index (χ3n) is 5.14. The molecule has 0 fully saturated rings. The summed E-state index contributed by atoms with van der Waals surface area (Å²) >= 11 is 11.6. The molecule has 1 unspecified atom stereocenters. The van der Waals surface area contributed by atoms with Crippen molar-refractivity contribution in [3.8, 4) is 6.07 Å². The standard InChI is InChI=1S/C23H17Cl2F6N3O3/c1-12-4-13(2-3-17(12)20(37)33-9-19(36)34-11-22(26,27)28)18(35)8-21(10-32,23(29,30)31)14-5-15(24)7-16(25)6-14/h2-7H,8-9,11H2,1H3,(H,33,37)(H,34,36). The van der Waals surface area contributed by atoms with Crippen LogP contribution in [0.15, 0.2) is 36.4 Å². The summed E-state index contributed by atoms with van der Waals surface area (Å²) in [6.07, 6.45) is -11.1. The van der Waals surface area contributed by atoms with Gasteiger partial charge in [0.1, 0.15) is 6.54 Å². The lowest BCUT2D eigenvalue weighted by Gasteiger charge is -2.29. The normalized spacial score (nSPS) is 13.3. The van der Waals surface area contributed by atoms with E-state index in [9.17, 15) is 46.0 Å². The molecule has 0 radical (unpaired) electrons. The lowest BCUT2D eigenvalue weighted by Crippen LogP contribution is -2.43. The monoisotopic (exact) mass is 567 g/mol. The van der Waals surface area contributed by atoms with Crippen molar-refractivity contribution < 1.29 is 40.7 Å². The second kappa shape index (κ2) is 11.4. The van der Waals surface area contributed by atoms with Crippen molar-refractivity contribution in [3.05, 3.63) is 68.7 Å². The highest BCUT2D eigenvalue weighted by molar-refractivity contribution is 6.34. The summed E-state index contributed by atoms with van der Waals surface area (Å²) in [6, 6.07) is 7.40. The second-order valence-electron chi connectivity index (χ2n) is 7.88. The fraction of sp³-hybridized carbons (Fsp3) is 0.304. The number of rotatable bonds is 8. The number of halogens is 8. The first-order valence-electron chi connectivity index (χ1n) is 10.2. The summed E-state index contributed by atoms with van der Waals surface area (Å²) in [6.45, 7) is -0.998. The van der Waals surface area contributed by atoms with Crippen molar-refractivity contribution in [2.45, 2.75) is 31.1 Å². The van der Waals surface area contributed by atoms with Crippen LogP contribution in [-0.4, -0.2) is 43.0 Å². The molecule has 0 heterocycles. The minimum absolute atomic E-state index is 0.0795. The highest BCUT2D eigenvalue weighted by Crippen LogP contribution is 2.45. The van der Waals surface area contributed by atoms with Gasteiger partial charge in [-0.3, -0.25) is 14.4 Å². The van der Waals surface area contributed by atoms with Gasteiger partial charge in [-0.25, -0.2) is 0 Å². The van der Waals surface area contributed by atoms with E-state index in [2.05, 4.69) is 5.32 Å². The molecule has 2 aromatic rings. The first-order valence-corrected chi connectivity index (χ1v) is 10.9. The van der Waals surface area contributed by atoms with Gasteiger partial charge in [0, 0.05) is 27.6 Å². The third-order valence-corrected chi connectivity index (χ3v) is 5.58. The van der Waals surface area contributed by atoms with Gasteiger partial charge in [0.25, 0.3) is 5.91 Å². The number of amides is 2. The van der Waals surface area contributed by atoms with Crippen LogP contribution in [0.5, 0.6) is 0 Å². The molecule has 2 amide bonds. The van der Waals surface area contributed by atoms with Crippen molar-refractivity contribution >= 4 is 40.8 Å². The molecular weight excluding hydrogens is 551 g/mol. The molecule has 6 nitrogen and oxygen atoms in total. The van der Waals surface area contributed by atoms with E-state index in [1.54, 1.807) is 5.32 Å². The summed E-state index contributed by atoms with van der Waals surface area (Å²) < 4.78 is 78.7. The average Bonchev–Trinajstić information content (AvgIpc) is 2.77. The van der Waals surface area contributed by atoms with Crippen molar-refractivity contribution in [1.82, 2.24) is 10.6 Å². The van der Waals surface area contributed by atoms with Crippen LogP contribution >= 0.6 is 23.2 Å². The average molecular weight is 568 g/mol. The number of nitrogens with zero attached hydrogens (tertiary/aromatic N) is 1. The number of Topliss-reactive ketones (excluding diaryl/α,β-unsaturated/α-hetero) is 1. The number of benzene rings is 2. The van der Waals surface area contributed by atoms with Crippen LogP contribution in [0, 0.1) is 18.3 Å². The van der Waals surface area contributed by atoms with E-state index in [-0.39, 0.29) is 26.7 Å². The van der Waals surface area contributed by atoms with E-state index in [1.165, 1.54) is 19.1 Å². The third kappa shape index (κ3) is 7.60. The van der Waals surface area contributed by atoms with Crippen LogP contribution in [0.4, 0.5) is 26.3 Å². The van der Waals surface area contributed by atoms with E-state index in [1.807, 2.05) is 0 Å². The Labute approximate surface area is 216 Å². The predicted molar refractivity (Wildman–Crippen MR) is 121 cm³/mol. The molecule has 0 bridgehead atoms. The fourth-order valence-corrected chi connectivity index (χ4v) is 3.81. The second-order valence-corrected chi connectivity index (χ2v) is 8.75. The Morgan fingerprint density at radius 1 is 0.946 bits per heavy atom. The molecule has 0 aliphatic carbocycles. The highest BCUT2D eigenvalue weighted by atomic mass is 35.5. The minimum atomic E-state index is -5.19. The SMILES string of the molecule is Cc1cc(C(=O)CC(C#N)(c2cc(Cl)cc(Cl)c2)C(F)(F)F)ccc1C(=O)NCC(=O)NCC(F)(F)F. The molecule has 0 aliphatic rings. The summed E-state index contributed by atoms with van der Waals surface area (Å²) in [5.41, 5.74) is -4.09. The van der Waals surface area contributed by atoms with Crippen LogP contribution in [0.1, 0.15) is 38.3 Å². The minimum Gasteiger partial charge on any atom is -0.345 e. The zero-order chi connectivity index (χ0) is 28.2. The van der Waals surface area contributed by atoms with Crippen molar-refractivity contribution in [2.24, 2.45) is 0 Å². The van der Waals surface area contributed by atoms with Crippen LogP contribution in [0.2, 0.25) is 10.0 Å². The lowest BCUT2D eigenvalue weighted by molar-refractivity contribution is -0.172. The van der Waals surface area contributed by atoms with Gasteiger partial charge in [-0.1, -0.05) is 29.3 Å². The topological polar surface area (TPSA) is 99.1 Å². The fourth-order valence-electron chi connectivity index (χ4n) is 3.29. The van der Waals surface area contributed by atoms with E-state index >= 15 is 0 Å². The van der Waals surface area contributed by atoms with Gasteiger partial charge in [-0.2, -0.15) is 31.6 Å². The maximum absolute atomic E-state index is 14.1. The van der Waals surface area contributed by atoms with Crippen molar-refractivity contribution in [1.29, 1.82) is 5.26 Å². The zero-order valence-corrected chi connectivity index (χ0v) is 20.3. The van der Waals surface area contributed by atoms with Gasteiger partial charge >= 0.3 is 12.4 Å². The molecule has 14 heteroatoms. The number of nitriles is 1. The lowest BCUT2D eigenvalue weighted by atomic mass is 9.76. The first-order chi connectivity index (χ1) is 17.0. The Balaban J connectivity index is 2.25.